The molecule has 84 valence electrons. The van der Waals surface area contributed by atoms with E-state index in [1.807, 2.05) is 0 Å². The molecule has 1 N–H and O–H groups in total. The Labute approximate surface area is 87.5 Å². The summed E-state index contributed by atoms with van der Waals surface area (Å²) in [5, 5.41) is 8.95. The van der Waals surface area contributed by atoms with Crippen LogP contribution < -0.4 is 5.32 Å². The van der Waals surface area contributed by atoms with E-state index >= 15 is 0 Å². The zero-order valence-corrected chi connectivity index (χ0v) is 8.36. The van der Waals surface area contributed by atoms with Crippen LogP contribution in [0.15, 0.2) is 0 Å². The molecule has 1 aliphatic rings. The van der Waals surface area contributed by atoms with Crippen molar-refractivity contribution in [1.29, 1.82) is 0 Å². The molecule has 0 saturated carbocycles. The molecule has 2 heterocycles. The Bertz CT molecular complexity index is 334. The van der Waals surface area contributed by atoms with Crippen molar-refractivity contribution < 1.29 is 17.9 Å². The monoisotopic (exact) mass is 239 g/mol. The standard InChI is InChI=1S/C7H8F3N3OS/c8-7(9,10)6-13-12-5(15-6)4-3-11-1-2-14-4/h4,11H,1-3H2. The maximum absolute atomic E-state index is 12.2. The summed E-state index contributed by atoms with van der Waals surface area (Å²) in [4.78, 5) is 0. The summed E-state index contributed by atoms with van der Waals surface area (Å²) < 4.78 is 41.9. The molecule has 15 heavy (non-hydrogen) atoms. The number of nitrogens with one attached hydrogen (secondary N) is 1. The number of ether oxygens (including phenoxy) is 1. The van der Waals surface area contributed by atoms with Gasteiger partial charge < -0.3 is 10.1 Å². The summed E-state index contributed by atoms with van der Waals surface area (Å²) in [7, 11) is 0. The van der Waals surface area contributed by atoms with Gasteiger partial charge in [-0.2, -0.15) is 13.2 Å². The van der Waals surface area contributed by atoms with Gasteiger partial charge in [-0.25, -0.2) is 0 Å². The van der Waals surface area contributed by atoms with Crippen LogP contribution in [0, 0.1) is 0 Å². The van der Waals surface area contributed by atoms with E-state index in [1.165, 1.54) is 0 Å². The molecule has 1 aromatic heterocycles. The van der Waals surface area contributed by atoms with Gasteiger partial charge in [-0.15, -0.1) is 10.2 Å². The van der Waals surface area contributed by atoms with Crippen LogP contribution in [0.25, 0.3) is 0 Å². The highest BCUT2D eigenvalue weighted by atomic mass is 32.1. The lowest BCUT2D eigenvalue weighted by Gasteiger charge is -2.20. The van der Waals surface area contributed by atoms with Crippen LogP contribution in [0.1, 0.15) is 16.1 Å². The van der Waals surface area contributed by atoms with E-state index in [2.05, 4.69) is 15.5 Å². The second-order valence-corrected chi connectivity index (χ2v) is 4.02. The van der Waals surface area contributed by atoms with Gasteiger partial charge in [-0.05, 0) is 0 Å². The van der Waals surface area contributed by atoms with Gasteiger partial charge in [0.25, 0.3) is 0 Å². The van der Waals surface area contributed by atoms with Crippen molar-refractivity contribution in [3.63, 3.8) is 0 Å². The largest absolute Gasteiger partial charge is 0.445 e. The summed E-state index contributed by atoms with van der Waals surface area (Å²) in [5.41, 5.74) is 0. The van der Waals surface area contributed by atoms with Crippen molar-refractivity contribution in [3.05, 3.63) is 10.0 Å². The Morgan fingerprint density at radius 1 is 1.40 bits per heavy atom. The van der Waals surface area contributed by atoms with Crippen molar-refractivity contribution in [2.75, 3.05) is 19.7 Å². The third kappa shape index (κ3) is 2.44. The fraction of sp³-hybridized carbons (Fsp3) is 0.714. The second kappa shape index (κ2) is 4.03. The van der Waals surface area contributed by atoms with E-state index in [0.717, 1.165) is 0 Å². The first kappa shape index (κ1) is 10.8. The summed E-state index contributed by atoms with van der Waals surface area (Å²) >= 11 is 0.534. The van der Waals surface area contributed by atoms with Crippen LogP contribution >= 0.6 is 11.3 Å². The Morgan fingerprint density at radius 2 is 2.20 bits per heavy atom. The van der Waals surface area contributed by atoms with Crippen molar-refractivity contribution in [2.45, 2.75) is 12.3 Å². The molecular weight excluding hydrogens is 231 g/mol. The molecule has 1 fully saturated rings. The van der Waals surface area contributed by atoms with Crippen molar-refractivity contribution in [2.24, 2.45) is 0 Å². The molecule has 1 aromatic rings. The van der Waals surface area contributed by atoms with E-state index in [4.69, 9.17) is 4.74 Å². The number of rotatable bonds is 1. The minimum atomic E-state index is -4.42. The van der Waals surface area contributed by atoms with Crippen LogP contribution in [0.3, 0.4) is 0 Å². The Morgan fingerprint density at radius 3 is 2.73 bits per heavy atom. The first-order valence-electron chi connectivity index (χ1n) is 4.30. The molecule has 0 aliphatic carbocycles. The molecule has 0 aromatic carbocycles. The number of hydrogen-bond donors (Lipinski definition) is 1. The van der Waals surface area contributed by atoms with Crippen LogP contribution in [-0.2, 0) is 10.9 Å². The normalized spacial score (nSPS) is 23.0. The van der Waals surface area contributed by atoms with E-state index in [-0.39, 0.29) is 5.01 Å². The highest BCUT2D eigenvalue weighted by molar-refractivity contribution is 7.11. The third-order valence-corrected chi connectivity index (χ3v) is 2.95. The smallest absolute Gasteiger partial charge is 0.368 e. The summed E-state index contributed by atoms with van der Waals surface area (Å²) in [6.45, 7) is 1.67. The predicted molar refractivity (Wildman–Crippen MR) is 46.5 cm³/mol. The van der Waals surface area contributed by atoms with Gasteiger partial charge in [-0.3, -0.25) is 0 Å². The van der Waals surface area contributed by atoms with Gasteiger partial charge in [0.05, 0.1) is 6.61 Å². The minimum absolute atomic E-state index is 0.273. The predicted octanol–water partition coefficient (Wildman–Crippen LogP) is 1.22. The molecule has 1 atom stereocenters. The van der Waals surface area contributed by atoms with Crippen molar-refractivity contribution in [3.8, 4) is 0 Å². The number of nitrogens with zero attached hydrogens (tertiary/aromatic N) is 2. The van der Waals surface area contributed by atoms with E-state index < -0.39 is 17.3 Å². The molecule has 0 spiro atoms. The molecule has 0 amide bonds. The van der Waals surface area contributed by atoms with Gasteiger partial charge >= 0.3 is 6.18 Å². The van der Waals surface area contributed by atoms with Gasteiger partial charge in [0, 0.05) is 13.1 Å². The second-order valence-electron chi connectivity index (χ2n) is 3.01. The van der Waals surface area contributed by atoms with E-state index in [0.29, 0.717) is 31.0 Å². The highest BCUT2D eigenvalue weighted by Gasteiger charge is 2.36. The van der Waals surface area contributed by atoms with Crippen LogP contribution in [0.5, 0.6) is 0 Å². The Kier molecular flexibility index (Phi) is 2.89. The third-order valence-electron chi connectivity index (χ3n) is 1.89. The van der Waals surface area contributed by atoms with Crippen molar-refractivity contribution in [1.82, 2.24) is 15.5 Å². The van der Waals surface area contributed by atoms with Crippen LogP contribution in [0.2, 0.25) is 0 Å². The molecule has 1 unspecified atom stereocenters. The zero-order valence-electron chi connectivity index (χ0n) is 7.54. The lowest BCUT2D eigenvalue weighted by Crippen LogP contribution is -2.33. The zero-order chi connectivity index (χ0) is 10.9. The molecule has 8 heteroatoms. The molecular formula is C7H8F3N3OS. The number of aromatic nitrogens is 2. The molecule has 0 bridgehead atoms. The number of alkyl halides is 3. The molecule has 2 rings (SSSR count). The molecule has 4 nitrogen and oxygen atoms in total. The van der Waals surface area contributed by atoms with Gasteiger partial charge in [0.15, 0.2) is 0 Å². The average Bonchev–Trinajstić information content (AvgIpc) is 2.67. The summed E-state index contributed by atoms with van der Waals surface area (Å²) in [6, 6.07) is 0. The van der Waals surface area contributed by atoms with Crippen molar-refractivity contribution >= 4 is 11.3 Å². The topological polar surface area (TPSA) is 47.0 Å². The van der Waals surface area contributed by atoms with Crippen LogP contribution in [-0.4, -0.2) is 29.9 Å². The first-order valence-corrected chi connectivity index (χ1v) is 5.12. The Balaban J connectivity index is 2.12. The number of hydrogen-bond acceptors (Lipinski definition) is 5. The van der Waals surface area contributed by atoms with Gasteiger partial charge in [0.2, 0.25) is 5.01 Å². The first-order chi connectivity index (χ1) is 7.07. The van der Waals surface area contributed by atoms with Gasteiger partial charge in [-0.1, -0.05) is 11.3 Å². The Hall–Kier alpha value is -0.730. The van der Waals surface area contributed by atoms with Crippen LogP contribution in [0.4, 0.5) is 13.2 Å². The summed E-state index contributed by atoms with van der Waals surface area (Å²) in [6.07, 6.45) is -4.83. The maximum atomic E-state index is 12.2. The lowest BCUT2D eigenvalue weighted by atomic mass is 10.3. The lowest BCUT2D eigenvalue weighted by molar-refractivity contribution is -0.138. The van der Waals surface area contributed by atoms with E-state index in [9.17, 15) is 13.2 Å². The molecule has 1 saturated heterocycles. The number of halogens is 3. The highest BCUT2D eigenvalue weighted by Crippen LogP contribution is 2.33. The van der Waals surface area contributed by atoms with E-state index in [1.54, 1.807) is 0 Å². The molecule has 1 aliphatic heterocycles. The number of morpholine rings is 1. The average molecular weight is 239 g/mol. The maximum Gasteiger partial charge on any atom is 0.445 e. The molecule has 0 radical (unpaired) electrons. The fourth-order valence-corrected chi connectivity index (χ4v) is 1.96. The quantitative estimate of drug-likeness (QED) is 0.800. The fourth-order valence-electron chi connectivity index (χ4n) is 1.20. The van der Waals surface area contributed by atoms with Gasteiger partial charge in [0.1, 0.15) is 11.1 Å². The SMILES string of the molecule is FC(F)(F)c1nnc(C2CNCCO2)s1. The summed E-state index contributed by atoms with van der Waals surface area (Å²) in [5.74, 6) is 0. The minimum Gasteiger partial charge on any atom is -0.368 e.